The maximum atomic E-state index is 11.6. The van der Waals surface area contributed by atoms with Crippen LogP contribution in [0.5, 0.6) is 5.75 Å². The number of carboxylic acid groups (broad SMARTS) is 1. The molecule has 6 heteroatoms. The van der Waals surface area contributed by atoms with Crippen molar-refractivity contribution in [1.82, 2.24) is 4.57 Å². The molecule has 2 aromatic carbocycles. The van der Waals surface area contributed by atoms with E-state index < -0.39 is 11.7 Å². The van der Waals surface area contributed by atoms with Gasteiger partial charge in [-0.05, 0) is 17.7 Å². The molecule has 126 valence electrons. The zero-order chi connectivity index (χ0) is 17.8. The van der Waals surface area contributed by atoms with Crippen LogP contribution in [0, 0.1) is 0 Å². The lowest BCUT2D eigenvalue weighted by atomic mass is 10.2. The molecule has 0 radical (unpaired) electrons. The molecule has 0 saturated carbocycles. The van der Waals surface area contributed by atoms with E-state index in [9.17, 15) is 9.90 Å². The first kappa shape index (κ1) is 16.7. The van der Waals surface area contributed by atoms with E-state index in [1.165, 1.54) is 29.5 Å². The summed E-state index contributed by atoms with van der Waals surface area (Å²) in [5, 5.41) is 22.7. The molecule has 1 heterocycles. The maximum Gasteiger partial charge on any atom is 0.335 e. The maximum absolute atomic E-state index is 11.6. The number of aromatic nitrogens is 1. The van der Waals surface area contributed by atoms with Crippen LogP contribution in [0.3, 0.4) is 0 Å². The van der Waals surface area contributed by atoms with Gasteiger partial charge in [0.2, 0.25) is 0 Å². The highest BCUT2D eigenvalue weighted by molar-refractivity contribution is 7.07. The Bertz CT molecular complexity index is 987. The van der Waals surface area contributed by atoms with Crippen LogP contribution in [0.25, 0.3) is 11.3 Å². The molecule has 0 unspecified atom stereocenters. The molecule has 1 aromatic heterocycles. The lowest BCUT2D eigenvalue weighted by molar-refractivity contribution is -0.268. The molecule has 0 atom stereocenters. The van der Waals surface area contributed by atoms with Crippen LogP contribution >= 0.6 is 11.3 Å². The molecule has 0 fully saturated rings. The summed E-state index contributed by atoms with van der Waals surface area (Å²) in [6.45, 7) is 4.36. The van der Waals surface area contributed by atoms with Gasteiger partial charge in [-0.1, -0.05) is 48.2 Å². The molecule has 1 N–H and O–H groups in total. The summed E-state index contributed by atoms with van der Waals surface area (Å²) >= 11 is 1.45. The van der Waals surface area contributed by atoms with E-state index in [2.05, 4.69) is 11.6 Å². The number of carbonyl (C=O) groups is 1. The van der Waals surface area contributed by atoms with Crippen LogP contribution in [-0.2, 0) is 6.54 Å². The molecule has 3 aromatic rings. The molecule has 5 nitrogen and oxygen atoms in total. The fraction of sp³-hybridized carbons (Fsp3) is 0.0526. The number of nitrogens with zero attached hydrogens (tertiary/aromatic N) is 2. The summed E-state index contributed by atoms with van der Waals surface area (Å²) in [5.74, 6) is -1.78. The second kappa shape index (κ2) is 7.19. The standard InChI is InChI=1S/C19H16N2O3S/c1-2-10-21-16(13-6-4-3-5-7-13)12-25-19(21)20-14-8-9-17(22)15(11-14)18(23)24/h2-9,11-12,22H,1,10H2,(H,23,24)/p-1. The summed E-state index contributed by atoms with van der Waals surface area (Å²) in [4.78, 5) is 16.4. The van der Waals surface area contributed by atoms with E-state index in [1.54, 1.807) is 6.08 Å². The molecule has 0 aliphatic heterocycles. The quantitative estimate of drug-likeness (QED) is 0.716. The van der Waals surface area contributed by atoms with Crippen LogP contribution in [0.2, 0.25) is 0 Å². The van der Waals surface area contributed by atoms with Crippen molar-refractivity contribution in [3.05, 3.63) is 76.9 Å². The Kier molecular flexibility index (Phi) is 4.81. The predicted octanol–water partition coefficient (Wildman–Crippen LogP) is 3.41. The van der Waals surface area contributed by atoms with Gasteiger partial charge in [-0.15, -0.1) is 17.9 Å². The molecule has 3 rings (SSSR count). The van der Waals surface area contributed by atoms with E-state index in [1.807, 2.05) is 40.3 Å². The average Bonchev–Trinajstić information content (AvgIpc) is 3.00. The number of hydrogen-bond acceptors (Lipinski definition) is 4. The Hall–Kier alpha value is -3.12. The minimum atomic E-state index is -1.25. The van der Waals surface area contributed by atoms with E-state index in [0.29, 0.717) is 17.0 Å². The van der Waals surface area contributed by atoms with Crippen LogP contribution in [0.15, 0.2) is 71.6 Å². The van der Waals surface area contributed by atoms with Crippen molar-refractivity contribution in [3.8, 4) is 17.0 Å². The van der Waals surface area contributed by atoms with Gasteiger partial charge < -0.3 is 14.8 Å². The van der Waals surface area contributed by atoms with E-state index in [0.717, 1.165) is 11.3 Å². The molecule has 0 bridgehead atoms. The third-order valence-corrected chi connectivity index (χ3v) is 4.46. The van der Waals surface area contributed by atoms with Crippen molar-refractivity contribution in [1.29, 1.82) is 0 Å². The highest BCUT2D eigenvalue weighted by atomic mass is 32.1. The molecular weight excluding hydrogens is 336 g/mol. The first-order chi connectivity index (χ1) is 12.1. The second-order valence-corrected chi connectivity index (χ2v) is 6.10. The van der Waals surface area contributed by atoms with Crippen LogP contribution in [0.1, 0.15) is 10.4 Å². The summed E-state index contributed by atoms with van der Waals surface area (Å²) in [7, 11) is 0. The van der Waals surface area contributed by atoms with Gasteiger partial charge >= 0.3 is 5.97 Å². The summed E-state index contributed by atoms with van der Waals surface area (Å²) in [6.07, 6.45) is 1.78. The molecular formula is C19H15N2O3S-. The monoisotopic (exact) mass is 351 g/mol. The van der Waals surface area contributed by atoms with Gasteiger partial charge in [-0.2, -0.15) is 0 Å². The van der Waals surface area contributed by atoms with Gasteiger partial charge in [0.25, 0.3) is 0 Å². The minimum Gasteiger partial charge on any atom is -0.872 e. The minimum absolute atomic E-state index is 0.281. The summed E-state index contributed by atoms with van der Waals surface area (Å²) in [6, 6.07) is 14.0. The lowest BCUT2D eigenvalue weighted by Gasteiger charge is -2.10. The van der Waals surface area contributed by atoms with Crippen molar-refractivity contribution in [2.45, 2.75) is 6.54 Å². The molecule has 0 amide bonds. The number of carboxylic acids is 1. The number of thiazole rings is 1. The number of benzene rings is 2. The Labute approximate surface area is 148 Å². The Morgan fingerprint density at radius 2 is 2.04 bits per heavy atom. The number of allylic oxidation sites excluding steroid dienone is 1. The predicted molar refractivity (Wildman–Crippen MR) is 96.0 cm³/mol. The first-order valence-electron chi connectivity index (χ1n) is 7.54. The van der Waals surface area contributed by atoms with E-state index in [-0.39, 0.29) is 5.56 Å². The summed E-state index contributed by atoms with van der Waals surface area (Å²) < 4.78 is 2.00. The fourth-order valence-electron chi connectivity index (χ4n) is 2.43. The van der Waals surface area contributed by atoms with Gasteiger partial charge in [-0.3, -0.25) is 0 Å². The van der Waals surface area contributed by atoms with Gasteiger partial charge in [-0.25, -0.2) is 9.79 Å². The highest BCUT2D eigenvalue weighted by Gasteiger charge is 2.08. The van der Waals surface area contributed by atoms with Crippen molar-refractivity contribution in [2.75, 3.05) is 0 Å². The van der Waals surface area contributed by atoms with Crippen LogP contribution in [0.4, 0.5) is 5.69 Å². The molecule has 0 saturated heterocycles. The second-order valence-electron chi connectivity index (χ2n) is 5.27. The number of hydrogen-bond donors (Lipinski definition) is 1. The van der Waals surface area contributed by atoms with Crippen LogP contribution < -0.4 is 9.91 Å². The summed E-state index contributed by atoms with van der Waals surface area (Å²) in [5.41, 5.74) is 2.21. The zero-order valence-electron chi connectivity index (χ0n) is 13.3. The van der Waals surface area contributed by atoms with Gasteiger partial charge in [0.15, 0.2) is 4.80 Å². The Morgan fingerprint density at radius 3 is 2.72 bits per heavy atom. The fourth-order valence-corrected chi connectivity index (χ4v) is 3.37. The Balaban J connectivity index is 2.13. The molecule has 25 heavy (non-hydrogen) atoms. The zero-order valence-corrected chi connectivity index (χ0v) is 14.1. The van der Waals surface area contributed by atoms with E-state index >= 15 is 0 Å². The van der Waals surface area contributed by atoms with E-state index in [4.69, 9.17) is 5.11 Å². The van der Waals surface area contributed by atoms with Gasteiger partial charge in [0.1, 0.15) is 0 Å². The molecule has 0 spiro atoms. The third kappa shape index (κ3) is 3.54. The average molecular weight is 351 g/mol. The lowest BCUT2D eigenvalue weighted by Crippen LogP contribution is -2.14. The number of aromatic carboxylic acids is 1. The Morgan fingerprint density at radius 1 is 1.28 bits per heavy atom. The molecule has 0 aliphatic rings. The first-order valence-corrected chi connectivity index (χ1v) is 8.42. The number of rotatable bonds is 5. The van der Waals surface area contributed by atoms with Crippen molar-refractivity contribution >= 4 is 23.0 Å². The van der Waals surface area contributed by atoms with Crippen molar-refractivity contribution in [2.24, 2.45) is 4.99 Å². The van der Waals surface area contributed by atoms with Gasteiger partial charge in [0.05, 0.1) is 16.9 Å². The SMILES string of the molecule is C=CCn1c(-c2ccccc2)csc1=Nc1ccc([O-])c(C(=O)O)c1. The largest absolute Gasteiger partial charge is 0.872 e. The molecule has 0 aliphatic carbocycles. The normalized spacial score (nSPS) is 11.4. The third-order valence-electron chi connectivity index (χ3n) is 3.60. The smallest absolute Gasteiger partial charge is 0.335 e. The van der Waals surface area contributed by atoms with Crippen molar-refractivity contribution in [3.63, 3.8) is 0 Å². The van der Waals surface area contributed by atoms with Crippen LogP contribution in [-0.4, -0.2) is 15.6 Å². The highest BCUT2D eigenvalue weighted by Crippen LogP contribution is 2.23. The van der Waals surface area contributed by atoms with Crippen molar-refractivity contribution < 1.29 is 15.0 Å². The van der Waals surface area contributed by atoms with Gasteiger partial charge in [0, 0.05) is 11.9 Å². The topological polar surface area (TPSA) is 77.6 Å².